The van der Waals surface area contributed by atoms with E-state index in [4.69, 9.17) is 17.3 Å². The number of pyridine rings is 1. The number of fused-ring (bicyclic) bond motifs is 3. The Bertz CT molecular complexity index is 879. The van der Waals surface area contributed by atoms with E-state index in [0.29, 0.717) is 22.5 Å². The van der Waals surface area contributed by atoms with Gasteiger partial charge in [0, 0.05) is 28.7 Å². The van der Waals surface area contributed by atoms with E-state index < -0.39 is 0 Å². The van der Waals surface area contributed by atoms with Crippen molar-refractivity contribution in [1.29, 1.82) is 0 Å². The van der Waals surface area contributed by atoms with E-state index >= 15 is 0 Å². The van der Waals surface area contributed by atoms with Crippen LogP contribution in [-0.2, 0) is 6.54 Å². The van der Waals surface area contributed by atoms with E-state index in [0.717, 1.165) is 23.0 Å². The zero-order valence-electron chi connectivity index (χ0n) is 12.0. The van der Waals surface area contributed by atoms with Gasteiger partial charge in [-0.05, 0) is 38.5 Å². The highest BCUT2D eigenvalue weighted by Crippen LogP contribution is 2.25. The fourth-order valence-corrected chi connectivity index (χ4v) is 2.79. The lowest BCUT2D eigenvalue weighted by atomic mass is 10.1. The third kappa shape index (κ3) is 2.32. The number of H-pyrrole nitrogens is 1. The van der Waals surface area contributed by atoms with Crippen LogP contribution in [0.4, 0.5) is 0 Å². The summed E-state index contributed by atoms with van der Waals surface area (Å²) >= 11 is 6.10. The van der Waals surface area contributed by atoms with Gasteiger partial charge in [-0.25, -0.2) is 0 Å². The molecule has 1 unspecified atom stereocenters. The minimum atomic E-state index is -0.0354. The normalized spacial score (nSPS) is 13.1. The SMILES string of the molecule is Cc1[nH]nc2c1c(=O)n(CCC(C)N)c1ccc(Cl)cc21. The van der Waals surface area contributed by atoms with Crippen LogP contribution in [-0.4, -0.2) is 20.8 Å². The maximum Gasteiger partial charge on any atom is 0.262 e. The Kier molecular flexibility index (Phi) is 3.47. The van der Waals surface area contributed by atoms with Crippen LogP contribution in [0.15, 0.2) is 23.0 Å². The molecule has 110 valence electrons. The highest BCUT2D eigenvalue weighted by molar-refractivity contribution is 6.31. The fraction of sp³-hybridized carbons (Fsp3) is 0.333. The van der Waals surface area contributed by atoms with Gasteiger partial charge in [0.25, 0.3) is 5.56 Å². The lowest BCUT2D eigenvalue weighted by molar-refractivity contribution is 0.573. The number of benzene rings is 1. The van der Waals surface area contributed by atoms with E-state index in [-0.39, 0.29) is 11.6 Å². The average Bonchev–Trinajstić information content (AvgIpc) is 2.81. The molecule has 3 rings (SSSR count). The number of halogens is 1. The molecule has 3 aromatic rings. The number of nitrogens with two attached hydrogens (primary N) is 1. The van der Waals surface area contributed by atoms with Gasteiger partial charge in [0.05, 0.1) is 10.9 Å². The molecule has 0 spiro atoms. The Morgan fingerprint density at radius 2 is 2.24 bits per heavy atom. The van der Waals surface area contributed by atoms with E-state index in [1.54, 1.807) is 10.6 Å². The summed E-state index contributed by atoms with van der Waals surface area (Å²) in [6.45, 7) is 4.37. The van der Waals surface area contributed by atoms with Crippen molar-refractivity contribution in [2.75, 3.05) is 0 Å². The third-order valence-corrected chi connectivity index (χ3v) is 3.95. The molecule has 0 aliphatic heterocycles. The maximum absolute atomic E-state index is 12.8. The maximum atomic E-state index is 12.8. The number of nitrogens with zero attached hydrogens (tertiary/aromatic N) is 2. The van der Waals surface area contributed by atoms with Gasteiger partial charge in [0.2, 0.25) is 0 Å². The Morgan fingerprint density at radius 1 is 1.48 bits per heavy atom. The summed E-state index contributed by atoms with van der Waals surface area (Å²) in [7, 11) is 0. The Hall–Kier alpha value is -1.85. The first-order valence-corrected chi connectivity index (χ1v) is 7.29. The van der Waals surface area contributed by atoms with Gasteiger partial charge in [-0.15, -0.1) is 0 Å². The van der Waals surface area contributed by atoms with Crippen molar-refractivity contribution < 1.29 is 0 Å². The molecule has 3 N–H and O–H groups in total. The van der Waals surface area contributed by atoms with Crippen molar-refractivity contribution in [3.63, 3.8) is 0 Å². The summed E-state index contributed by atoms with van der Waals surface area (Å²) < 4.78 is 1.76. The number of aromatic nitrogens is 3. The van der Waals surface area contributed by atoms with Gasteiger partial charge >= 0.3 is 0 Å². The van der Waals surface area contributed by atoms with E-state index in [2.05, 4.69) is 10.2 Å². The molecule has 0 saturated heterocycles. The molecular weight excluding hydrogens is 288 g/mol. The number of aromatic amines is 1. The van der Waals surface area contributed by atoms with Crippen molar-refractivity contribution in [2.45, 2.75) is 32.9 Å². The van der Waals surface area contributed by atoms with E-state index in [1.807, 2.05) is 26.0 Å². The van der Waals surface area contributed by atoms with Crippen LogP contribution in [0.25, 0.3) is 21.8 Å². The second-order valence-corrected chi connectivity index (χ2v) is 5.89. The van der Waals surface area contributed by atoms with Crippen molar-refractivity contribution >= 4 is 33.4 Å². The number of hydrogen-bond acceptors (Lipinski definition) is 3. The molecule has 0 saturated carbocycles. The summed E-state index contributed by atoms with van der Waals surface area (Å²) in [5.74, 6) is 0. The fourth-order valence-electron chi connectivity index (χ4n) is 2.62. The van der Waals surface area contributed by atoms with Gasteiger partial charge in [-0.1, -0.05) is 11.6 Å². The van der Waals surface area contributed by atoms with Crippen molar-refractivity contribution in [3.05, 3.63) is 39.3 Å². The van der Waals surface area contributed by atoms with Gasteiger partial charge in [0.1, 0.15) is 5.52 Å². The van der Waals surface area contributed by atoms with Crippen LogP contribution in [0.2, 0.25) is 5.02 Å². The molecule has 21 heavy (non-hydrogen) atoms. The summed E-state index contributed by atoms with van der Waals surface area (Å²) in [5.41, 5.74) is 8.07. The van der Waals surface area contributed by atoms with Crippen molar-refractivity contribution in [2.24, 2.45) is 5.73 Å². The first kappa shape index (κ1) is 14.1. The summed E-state index contributed by atoms with van der Waals surface area (Å²) in [6, 6.07) is 5.54. The first-order valence-electron chi connectivity index (χ1n) is 6.91. The van der Waals surface area contributed by atoms with Crippen LogP contribution in [0, 0.1) is 6.92 Å². The lowest BCUT2D eigenvalue weighted by Crippen LogP contribution is -2.25. The number of aryl methyl sites for hydroxylation is 2. The number of nitrogens with one attached hydrogen (secondary N) is 1. The Labute approximate surface area is 126 Å². The van der Waals surface area contributed by atoms with Crippen LogP contribution in [0.1, 0.15) is 19.0 Å². The second-order valence-electron chi connectivity index (χ2n) is 5.46. The Balaban J connectivity index is 2.39. The molecule has 0 aliphatic rings. The van der Waals surface area contributed by atoms with Crippen molar-refractivity contribution in [1.82, 2.24) is 14.8 Å². The molecule has 2 heterocycles. The smallest absolute Gasteiger partial charge is 0.262 e. The molecule has 0 aliphatic carbocycles. The van der Waals surface area contributed by atoms with Crippen LogP contribution >= 0.6 is 11.6 Å². The van der Waals surface area contributed by atoms with Crippen LogP contribution < -0.4 is 11.3 Å². The number of hydrogen-bond donors (Lipinski definition) is 2. The summed E-state index contributed by atoms with van der Waals surface area (Å²) in [5, 5.41) is 9.28. The van der Waals surface area contributed by atoms with Crippen LogP contribution in [0.3, 0.4) is 0 Å². The van der Waals surface area contributed by atoms with Crippen LogP contribution in [0.5, 0.6) is 0 Å². The zero-order valence-corrected chi connectivity index (χ0v) is 12.7. The minimum absolute atomic E-state index is 0.0354. The molecule has 0 amide bonds. The molecule has 0 bridgehead atoms. The topological polar surface area (TPSA) is 76.7 Å². The van der Waals surface area contributed by atoms with Gasteiger partial charge in [-0.3, -0.25) is 9.89 Å². The summed E-state index contributed by atoms with van der Waals surface area (Å²) in [6.07, 6.45) is 0.736. The molecule has 5 nitrogen and oxygen atoms in total. The predicted octanol–water partition coefficient (Wildman–Crippen LogP) is 2.58. The number of rotatable bonds is 3. The third-order valence-electron chi connectivity index (χ3n) is 3.72. The Morgan fingerprint density at radius 3 is 2.95 bits per heavy atom. The molecule has 2 aromatic heterocycles. The molecule has 1 atom stereocenters. The summed E-state index contributed by atoms with van der Waals surface area (Å²) in [4.78, 5) is 12.8. The average molecular weight is 305 g/mol. The molecule has 0 radical (unpaired) electrons. The molecule has 6 heteroatoms. The standard InChI is InChI=1S/C15H17ClN4O/c1-8(17)5-6-20-12-4-3-10(16)7-11(12)14-13(15(20)21)9(2)18-19-14/h3-4,7-8H,5-6,17H2,1-2H3,(H,18,19). The second kappa shape index (κ2) is 5.16. The molecule has 1 aromatic carbocycles. The minimum Gasteiger partial charge on any atom is -0.328 e. The lowest BCUT2D eigenvalue weighted by Gasteiger charge is -2.13. The quantitative estimate of drug-likeness (QED) is 0.781. The van der Waals surface area contributed by atoms with E-state index in [1.165, 1.54) is 0 Å². The molecular formula is C15H17ClN4O. The van der Waals surface area contributed by atoms with E-state index in [9.17, 15) is 4.79 Å². The highest BCUT2D eigenvalue weighted by Gasteiger charge is 2.15. The van der Waals surface area contributed by atoms with Gasteiger partial charge < -0.3 is 10.3 Å². The van der Waals surface area contributed by atoms with Gasteiger partial charge in [-0.2, -0.15) is 5.10 Å². The largest absolute Gasteiger partial charge is 0.328 e. The predicted molar refractivity (Wildman–Crippen MR) is 85.9 cm³/mol. The van der Waals surface area contributed by atoms with Gasteiger partial charge in [0.15, 0.2) is 0 Å². The first-order chi connectivity index (χ1) is 9.99. The van der Waals surface area contributed by atoms with Crippen molar-refractivity contribution in [3.8, 4) is 0 Å². The monoisotopic (exact) mass is 304 g/mol. The zero-order chi connectivity index (χ0) is 15.1. The highest BCUT2D eigenvalue weighted by atomic mass is 35.5. The molecule has 0 fully saturated rings.